The maximum atomic E-state index is 5.41. The molecular formula is C10H12N4. The number of nitrogens with one attached hydrogen (secondary N) is 2. The van der Waals surface area contributed by atoms with E-state index in [0.29, 0.717) is 0 Å². The average Bonchev–Trinajstić information content (AvgIpc) is 2.27. The summed E-state index contributed by atoms with van der Waals surface area (Å²) >= 11 is 0. The van der Waals surface area contributed by atoms with E-state index in [1.807, 2.05) is 36.4 Å². The van der Waals surface area contributed by atoms with Gasteiger partial charge in [-0.1, -0.05) is 24.3 Å². The van der Waals surface area contributed by atoms with Gasteiger partial charge < -0.3 is 10.9 Å². The summed E-state index contributed by atoms with van der Waals surface area (Å²) in [4.78, 5) is 0. The molecule has 0 aliphatic carbocycles. The van der Waals surface area contributed by atoms with E-state index < -0.39 is 0 Å². The van der Waals surface area contributed by atoms with Crippen LogP contribution >= 0.6 is 0 Å². The average molecular weight is 188 g/mol. The lowest BCUT2D eigenvalue weighted by Gasteiger charge is -2.09. The van der Waals surface area contributed by atoms with Gasteiger partial charge in [-0.05, 0) is 12.1 Å². The lowest BCUT2D eigenvalue weighted by molar-refractivity contribution is 1.35. The lowest BCUT2D eigenvalue weighted by atomic mass is 10.1. The molecule has 2 rings (SSSR count). The first-order chi connectivity index (χ1) is 6.86. The van der Waals surface area contributed by atoms with Crippen LogP contribution in [0.15, 0.2) is 36.4 Å². The third kappa shape index (κ3) is 1.26. The van der Waals surface area contributed by atoms with Gasteiger partial charge in [-0.3, -0.25) is 11.7 Å². The zero-order chi connectivity index (χ0) is 9.97. The third-order valence-electron chi connectivity index (χ3n) is 2.24. The molecule has 0 atom stereocenters. The molecule has 0 heterocycles. The Balaban J connectivity index is 2.78. The van der Waals surface area contributed by atoms with Gasteiger partial charge in [0.1, 0.15) is 0 Å². The Morgan fingerprint density at radius 2 is 1.14 bits per heavy atom. The Labute approximate surface area is 81.8 Å². The quantitative estimate of drug-likeness (QED) is 0.424. The van der Waals surface area contributed by atoms with Crippen LogP contribution in [0, 0.1) is 0 Å². The van der Waals surface area contributed by atoms with Crippen molar-refractivity contribution in [2.75, 3.05) is 10.9 Å². The second-order valence-corrected chi connectivity index (χ2v) is 2.99. The van der Waals surface area contributed by atoms with Crippen molar-refractivity contribution in [3.8, 4) is 0 Å². The Kier molecular flexibility index (Phi) is 2.22. The number of rotatable bonds is 2. The van der Waals surface area contributed by atoms with E-state index in [4.69, 9.17) is 11.7 Å². The minimum Gasteiger partial charge on any atom is -0.324 e. The number of nitrogen functional groups attached to an aromatic ring is 2. The van der Waals surface area contributed by atoms with Crippen molar-refractivity contribution >= 4 is 22.1 Å². The van der Waals surface area contributed by atoms with Crippen LogP contribution in [0.2, 0.25) is 0 Å². The Bertz CT molecular complexity index is 410. The van der Waals surface area contributed by atoms with Crippen LogP contribution in [-0.4, -0.2) is 0 Å². The fraction of sp³-hybridized carbons (Fsp3) is 0. The molecule has 72 valence electrons. The molecule has 14 heavy (non-hydrogen) atoms. The summed E-state index contributed by atoms with van der Waals surface area (Å²) in [6.07, 6.45) is 0. The fourth-order valence-corrected chi connectivity index (χ4v) is 1.55. The summed E-state index contributed by atoms with van der Waals surface area (Å²) < 4.78 is 0. The molecule has 0 unspecified atom stereocenters. The van der Waals surface area contributed by atoms with Gasteiger partial charge in [0.05, 0.1) is 11.4 Å². The number of fused-ring (bicyclic) bond motifs is 1. The summed E-state index contributed by atoms with van der Waals surface area (Å²) in [5.74, 6) is 10.8. The van der Waals surface area contributed by atoms with Crippen molar-refractivity contribution < 1.29 is 0 Å². The van der Waals surface area contributed by atoms with Gasteiger partial charge >= 0.3 is 0 Å². The summed E-state index contributed by atoms with van der Waals surface area (Å²) in [5.41, 5.74) is 7.08. The van der Waals surface area contributed by atoms with Crippen molar-refractivity contribution in [2.45, 2.75) is 0 Å². The SMILES string of the molecule is NNc1ccc(NN)c2ccccc12. The smallest absolute Gasteiger partial charge is 0.0565 e. The fourth-order valence-electron chi connectivity index (χ4n) is 1.55. The van der Waals surface area contributed by atoms with Crippen LogP contribution in [-0.2, 0) is 0 Å². The highest BCUT2D eigenvalue weighted by atomic mass is 15.2. The number of hydrazine groups is 2. The van der Waals surface area contributed by atoms with Gasteiger partial charge in [0.25, 0.3) is 0 Å². The Morgan fingerprint density at radius 1 is 0.714 bits per heavy atom. The highest BCUT2D eigenvalue weighted by Crippen LogP contribution is 2.28. The van der Waals surface area contributed by atoms with Crippen molar-refractivity contribution in [3.63, 3.8) is 0 Å². The summed E-state index contributed by atoms with van der Waals surface area (Å²) in [7, 11) is 0. The molecule has 6 N–H and O–H groups in total. The maximum Gasteiger partial charge on any atom is 0.0565 e. The van der Waals surface area contributed by atoms with E-state index in [1.165, 1.54) is 0 Å². The van der Waals surface area contributed by atoms with E-state index >= 15 is 0 Å². The summed E-state index contributed by atoms with van der Waals surface area (Å²) in [6.45, 7) is 0. The van der Waals surface area contributed by atoms with Crippen LogP contribution in [0.1, 0.15) is 0 Å². The topological polar surface area (TPSA) is 76.1 Å². The molecule has 0 radical (unpaired) electrons. The largest absolute Gasteiger partial charge is 0.324 e. The normalized spacial score (nSPS) is 10.1. The second kappa shape index (κ2) is 3.53. The predicted octanol–water partition coefficient (Wildman–Crippen LogP) is 1.41. The van der Waals surface area contributed by atoms with Crippen LogP contribution < -0.4 is 22.5 Å². The van der Waals surface area contributed by atoms with E-state index in [-0.39, 0.29) is 0 Å². The highest BCUT2D eigenvalue weighted by molar-refractivity contribution is 6.01. The van der Waals surface area contributed by atoms with Crippen LogP contribution in [0.3, 0.4) is 0 Å². The zero-order valence-corrected chi connectivity index (χ0v) is 7.62. The first-order valence-electron chi connectivity index (χ1n) is 4.32. The predicted molar refractivity (Wildman–Crippen MR) is 59.6 cm³/mol. The minimum absolute atomic E-state index is 0.889. The van der Waals surface area contributed by atoms with E-state index in [9.17, 15) is 0 Å². The standard InChI is InChI=1S/C10H12N4/c11-13-9-5-6-10(14-12)8-4-2-1-3-7(8)9/h1-6,13-14H,11-12H2. The van der Waals surface area contributed by atoms with E-state index in [2.05, 4.69) is 10.9 Å². The molecule has 4 nitrogen and oxygen atoms in total. The maximum absolute atomic E-state index is 5.41. The first kappa shape index (κ1) is 8.80. The molecule has 0 saturated carbocycles. The van der Waals surface area contributed by atoms with E-state index in [0.717, 1.165) is 22.1 Å². The van der Waals surface area contributed by atoms with Crippen molar-refractivity contribution in [2.24, 2.45) is 11.7 Å². The highest BCUT2D eigenvalue weighted by Gasteiger charge is 2.02. The molecule has 2 aromatic carbocycles. The van der Waals surface area contributed by atoms with Gasteiger partial charge in [0.15, 0.2) is 0 Å². The lowest BCUT2D eigenvalue weighted by Crippen LogP contribution is -2.10. The monoisotopic (exact) mass is 188 g/mol. The van der Waals surface area contributed by atoms with Gasteiger partial charge in [-0.25, -0.2) is 0 Å². The van der Waals surface area contributed by atoms with E-state index in [1.54, 1.807) is 0 Å². The number of benzene rings is 2. The number of anilines is 2. The first-order valence-corrected chi connectivity index (χ1v) is 4.32. The molecule has 0 aromatic heterocycles. The van der Waals surface area contributed by atoms with Gasteiger partial charge in [-0.2, -0.15) is 0 Å². The molecular weight excluding hydrogens is 176 g/mol. The molecule has 2 aromatic rings. The second-order valence-electron chi connectivity index (χ2n) is 2.99. The number of nitrogens with two attached hydrogens (primary N) is 2. The van der Waals surface area contributed by atoms with Crippen molar-refractivity contribution in [1.29, 1.82) is 0 Å². The van der Waals surface area contributed by atoms with Crippen LogP contribution in [0.5, 0.6) is 0 Å². The van der Waals surface area contributed by atoms with Crippen LogP contribution in [0.4, 0.5) is 11.4 Å². The summed E-state index contributed by atoms with van der Waals surface area (Å²) in [6, 6.07) is 11.7. The third-order valence-corrected chi connectivity index (χ3v) is 2.24. The van der Waals surface area contributed by atoms with Gasteiger partial charge in [0, 0.05) is 10.8 Å². The molecule has 0 spiro atoms. The Morgan fingerprint density at radius 3 is 1.50 bits per heavy atom. The van der Waals surface area contributed by atoms with Gasteiger partial charge in [-0.15, -0.1) is 0 Å². The van der Waals surface area contributed by atoms with Crippen molar-refractivity contribution in [3.05, 3.63) is 36.4 Å². The minimum atomic E-state index is 0.889. The van der Waals surface area contributed by atoms with Gasteiger partial charge in [0.2, 0.25) is 0 Å². The molecule has 0 aliphatic rings. The van der Waals surface area contributed by atoms with Crippen molar-refractivity contribution in [1.82, 2.24) is 0 Å². The molecule has 4 heteroatoms. The molecule has 0 amide bonds. The van der Waals surface area contributed by atoms with Crippen LogP contribution in [0.25, 0.3) is 10.8 Å². The number of hydrogen-bond donors (Lipinski definition) is 4. The molecule has 0 saturated heterocycles. The molecule has 0 fully saturated rings. The zero-order valence-electron chi connectivity index (χ0n) is 7.62. The number of hydrogen-bond acceptors (Lipinski definition) is 4. The molecule has 0 aliphatic heterocycles. The molecule has 0 bridgehead atoms. The Hall–Kier alpha value is -1.78. The summed E-state index contributed by atoms with van der Waals surface area (Å²) in [5, 5.41) is 2.09.